The molecule has 0 saturated heterocycles. The molecule has 0 bridgehead atoms. The molecule has 0 amide bonds. The summed E-state index contributed by atoms with van der Waals surface area (Å²) in [6.45, 7) is 5.35. The average Bonchev–Trinajstić information content (AvgIpc) is 1.55. The molecule has 25 aromatic rings. The van der Waals surface area contributed by atoms with E-state index in [0.717, 1.165) is 177 Å². The molecular weight excluding hydrogens is 1590 g/mol. The van der Waals surface area contributed by atoms with E-state index in [4.69, 9.17) is 34.4 Å². The predicted octanol–water partition coefficient (Wildman–Crippen LogP) is 25.9. The number of hydrogen-bond donors (Lipinski definition) is 0. The van der Waals surface area contributed by atoms with Gasteiger partial charge in [0.2, 0.25) is 22.8 Å². The molecule has 0 atom stereocenters. The van der Waals surface area contributed by atoms with Gasteiger partial charge in [0.1, 0.15) is 67.7 Å². The zero-order valence-electron chi connectivity index (χ0n) is 82.0. The van der Waals surface area contributed by atoms with Crippen LogP contribution in [0.3, 0.4) is 0 Å². The van der Waals surface area contributed by atoms with Crippen LogP contribution in [0.25, 0.3) is 220 Å². The molecule has 10 heterocycles. The minimum absolute atomic E-state index is 0.0733. The summed E-state index contributed by atoms with van der Waals surface area (Å²) < 4.78 is 112. The first-order valence-electron chi connectivity index (χ1n) is 47.4. The van der Waals surface area contributed by atoms with E-state index < -0.39 is 20.6 Å². The molecule has 0 aliphatic rings. The van der Waals surface area contributed by atoms with E-state index in [-0.39, 0.29) is 5.69 Å². The highest BCUT2D eigenvalue weighted by Crippen LogP contribution is 2.47. The van der Waals surface area contributed by atoms with Crippen LogP contribution in [0.5, 0.6) is 0 Å². The van der Waals surface area contributed by atoms with Gasteiger partial charge in [-0.3, -0.25) is 0 Å². The molecule has 15 heteroatoms. The van der Waals surface area contributed by atoms with Crippen LogP contribution < -0.4 is 23.3 Å². The molecule has 0 spiro atoms. The van der Waals surface area contributed by atoms with Gasteiger partial charge in [-0.1, -0.05) is 213 Å². The van der Waals surface area contributed by atoms with Crippen molar-refractivity contribution in [2.75, 3.05) is 0 Å². The Morgan fingerprint density at radius 3 is 1.12 bits per heavy atom. The summed E-state index contributed by atoms with van der Waals surface area (Å²) in [5.74, 6) is 0.732. The topological polar surface area (TPSA) is 150 Å². The third-order valence-electron chi connectivity index (χ3n) is 25.1. The predicted molar refractivity (Wildman–Crippen MR) is 521 cm³/mol. The van der Waals surface area contributed by atoms with Gasteiger partial charge in [0.15, 0.2) is 33.8 Å². The van der Waals surface area contributed by atoms with Crippen LogP contribution in [0.2, 0.25) is 0 Å². The largest absolute Gasteiger partial charge is 0.455 e. The summed E-state index contributed by atoms with van der Waals surface area (Å²) in [5.41, 5.74) is 23.2. The highest BCUT2D eigenvalue weighted by molar-refractivity contribution is 6.26. The van der Waals surface area contributed by atoms with Gasteiger partial charge >= 0.3 is 5.82 Å². The van der Waals surface area contributed by atoms with Crippen molar-refractivity contribution in [3.05, 3.63) is 360 Å². The molecule has 0 saturated carbocycles. The minimum atomic E-state index is -2.26. The molecule has 15 nitrogen and oxygen atoms in total. The van der Waals surface area contributed by atoms with Gasteiger partial charge in [-0.2, -0.15) is 0 Å². The smallest absolute Gasteiger partial charge is 0.334 e. The van der Waals surface area contributed by atoms with E-state index in [1.807, 2.05) is 191 Å². The summed E-state index contributed by atoms with van der Waals surface area (Å²) in [6, 6.07) is 93.2. The normalized spacial score (nSPS) is 13.0. The number of furan rings is 5. The second-order valence-corrected chi connectivity index (χ2v) is 33.2. The standard InChI is InChI=1S/4C23H19N2O.C22H17N2O/c1-14-13-15(2)20(23-24-11-6-12-25(23)3)22-19(14)21-17-8-5-4-7-16(17)9-10-18(21)26-22;1-14-13-18-22-17-8-5-4-7-16(17)10-11-20(22)26-23(18)21(15(14)2)19-9-6-12-24-25(19)3;1-14-8-11-18-22-17-7-5-4-6-16(17)10-13-20(22)26-23(18)21(14)19-12-9-15(2)24-25(19)3;1-14-12-19(25(3)24-13-14)21-15(2)8-10-18-22-17-7-5-4-6-16(17)9-11-20(22)26-23(18)21;1-14-9-11-17-21-16-7-4-3-6-15(16)10-12-19(21)25-22(17)20(14)18-8-5-13-23-24(18)2/h4*4-13H,1-3H3;3-13H,1-2H3/q5*+1/i2*1D3;2D3;;. The summed E-state index contributed by atoms with van der Waals surface area (Å²) in [7, 11) is 9.47. The molecule has 0 radical (unpaired) electrons. The summed E-state index contributed by atoms with van der Waals surface area (Å²) >= 11 is 0. The van der Waals surface area contributed by atoms with Crippen LogP contribution in [0.1, 0.15) is 62.5 Å². The maximum atomic E-state index is 8.16. The summed E-state index contributed by atoms with van der Waals surface area (Å²) in [4.78, 5) is 4.55. The fraction of sp³-hybridized carbons (Fsp3) is 0.123. The van der Waals surface area contributed by atoms with Crippen molar-refractivity contribution in [2.24, 2.45) is 35.2 Å². The van der Waals surface area contributed by atoms with Gasteiger partial charge in [0, 0.05) is 96.5 Å². The first-order chi connectivity index (χ1) is 66.4. The number of benzene rings is 15. The molecule has 0 aliphatic heterocycles. The van der Waals surface area contributed by atoms with E-state index >= 15 is 0 Å². The van der Waals surface area contributed by atoms with Gasteiger partial charge in [-0.05, 0) is 240 Å². The molecule has 25 rings (SSSR count). The Hall–Kier alpha value is -16.0. The van der Waals surface area contributed by atoms with E-state index in [2.05, 4.69) is 192 Å². The fourth-order valence-corrected chi connectivity index (χ4v) is 18.9. The zero-order chi connectivity index (χ0) is 95.8. The van der Waals surface area contributed by atoms with Crippen LogP contribution in [0, 0.1) is 62.1 Å². The van der Waals surface area contributed by atoms with Crippen LogP contribution in [-0.4, -0.2) is 25.4 Å². The van der Waals surface area contributed by atoms with Crippen molar-refractivity contribution in [1.29, 1.82) is 0 Å². The molecule has 0 aliphatic carbocycles. The summed E-state index contributed by atoms with van der Waals surface area (Å²) in [6.07, 6.45) is 9.03. The fourth-order valence-electron chi connectivity index (χ4n) is 18.9. The quantitative estimate of drug-likeness (QED) is 0.152. The Labute approximate surface area is 756 Å². The molecule has 0 fully saturated rings. The van der Waals surface area contributed by atoms with Crippen molar-refractivity contribution in [2.45, 2.75) is 62.1 Å². The van der Waals surface area contributed by atoms with Crippen molar-refractivity contribution in [3.63, 3.8) is 0 Å². The maximum Gasteiger partial charge on any atom is 0.334 e. The first-order valence-corrected chi connectivity index (χ1v) is 42.9. The minimum Gasteiger partial charge on any atom is -0.455 e. The monoisotopic (exact) mass is 1690 g/mol. The van der Waals surface area contributed by atoms with Gasteiger partial charge < -0.3 is 22.1 Å². The lowest BCUT2D eigenvalue weighted by Crippen LogP contribution is -2.36. The van der Waals surface area contributed by atoms with Gasteiger partial charge in [-0.15, -0.1) is 0 Å². The maximum absolute atomic E-state index is 8.16. The lowest BCUT2D eigenvalue weighted by atomic mass is 9.95. The average molecular weight is 1690 g/mol. The number of aryl methyl sites for hydroxylation is 13. The number of aromatic nitrogens is 10. The molecular formula is C114H93N10O5+5. The molecule has 0 unspecified atom stereocenters. The summed E-state index contributed by atoms with van der Waals surface area (Å²) in [5, 5.41) is 38.9. The number of rotatable bonds is 5. The van der Waals surface area contributed by atoms with E-state index in [1.165, 1.54) is 48.8 Å². The van der Waals surface area contributed by atoms with E-state index in [9.17, 15) is 0 Å². The van der Waals surface area contributed by atoms with E-state index in [0.29, 0.717) is 38.8 Å². The SMILES string of the molecule is Cc1ccc2c(oc3ccc4ccccc4c32)c1-c1cccn[n+]1C.Cc1cn[n+](C)c(-c2c(C)ccc3c2oc2ccc4ccccc4c23)c1.[2H]C([2H])([2H])c1cc(C)c(-c2nccc[n+]2C)c2oc3ccc4ccccc4c3c12.[2H]C([2H])([2H])c1cc2c(oc3ccc4ccccc4c32)c(-c2cccn[n+]2C)c1C.[2H]C([2H])([2H])c1ccc(-c2c(C)ccc3c2oc2ccc4ccccc4c23)[n+](C)n1. The Balaban J connectivity index is 0.000000103. The molecule has 0 N–H and O–H groups in total. The third kappa shape index (κ3) is 13.7. The number of fused-ring (bicyclic) bond motifs is 25. The highest BCUT2D eigenvalue weighted by atomic mass is 16.3. The van der Waals surface area contributed by atoms with E-state index in [1.54, 1.807) is 53.2 Å². The Bertz CT molecular complexity index is 9310. The Morgan fingerprint density at radius 2 is 0.674 bits per heavy atom. The molecule has 15 aromatic carbocycles. The highest BCUT2D eigenvalue weighted by Gasteiger charge is 2.30. The zero-order valence-corrected chi connectivity index (χ0v) is 73.0. The van der Waals surface area contributed by atoms with Crippen LogP contribution in [0.4, 0.5) is 0 Å². The molecule has 129 heavy (non-hydrogen) atoms. The van der Waals surface area contributed by atoms with Crippen molar-refractivity contribution in [1.82, 2.24) is 25.4 Å². The second kappa shape index (κ2) is 32.2. The number of hydrogen-bond acceptors (Lipinski definition) is 10. The number of nitrogens with zero attached hydrogens (tertiary/aromatic N) is 10. The van der Waals surface area contributed by atoms with Crippen molar-refractivity contribution in [3.8, 4) is 56.4 Å². The second-order valence-electron chi connectivity index (χ2n) is 33.2. The Morgan fingerprint density at radius 1 is 0.271 bits per heavy atom. The van der Waals surface area contributed by atoms with Crippen LogP contribution in [0.15, 0.2) is 332 Å². The molecule has 624 valence electrons. The van der Waals surface area contributed by atoms with Crippen LogP contribution >= 0.6 is 0 Å². The van der Waals surface area contributed by atoms with Gasteiger partial charge in [0.05, 0.1) is 54.1 Å². The lowest BCUT2D eigenvalue weighted by molar-refractivity contribution is -0.720. The Kier molecular flexibility index (Phi) is 17.5. The third-order valence-corrected chi connectivity index (χ3v) is 25.1. The van der Waals surface area contributed by atoms with Gasteiger partial charge in [0.25, 0.3) is 0 Å². The van der Waals surface area contributed by atoms with Crippen molar-refractivity contribution >= 4 is 164 Å². The lowest BCUT2D eigenvalue weighted by Gasteiger charge is -2.07. The van der Waals surface area contributed by atoms with Gasteiger partial charge in [-0.25, -0.2) is 4.57 Å². The first kappa shape index (κ1) is 70.3. The van der Waals surface area contributed by atoms with Crippen molar-refractivity contribution < 1.29 is 57.7 Å². The molecule has 10 aromatic heterocycles. The van der Waals surface area contributed by atoms with Crippen LogP contribution in [-0.2, 0) is 35.2 Å².